The zero-order valence-corrected chi connectivity index (χ0v) is 20.2. The summed E-state index contributed by atoms with van der Waals surface area (Å²) >= 11 is 1.82. The normalized spacial score (nSPS) is 13.3. The number of H-pyrrole nitrogens is 1. The number of hydrogen-bond acceptors (Lipinski definition) is 5. The summed E-state index contributed by atoms with van der Waals surface area (Å²) in [5, 5.41) is 21.6. The fraction of sp³-hybridized carbons (Fsp3) is 0.273. The van der Waals surface area contributed by atoms with Crippen molar-refractivity contribution in [3.63, 3.8) is 0 Å². The summed E-state index contributed by atoms with van der Waals surface area (Å²) in [5.41, 5.74) is -1.55. The molecule has 1 aromatic heterocycles. The van der Waals surface area contributed by atoms with E-state index in [0.717, 1.165) is 6.07 Å². The van der Waals surface area contributed by atoms with E-state index in [1.807, 2.05) is 22.6 Å². The van der Waals surface area contributed by atoms with Gasteiger partial charge >= 0.3 is 11.9 Å². The van der Waals surface area contributed by atoms with Gasteiger partial charge in [-0.3, -0.25) is 4.79 Å². The molecule has 2 atom stereocenters. The van der Waals surface area contributed by atoms with Crippen LogP contribution in [0.3, 0.4) is 0 Å². The standard InChI is InChI=1S/C22H20F4IN3O5/c1-11(22(24,25)26)18(19(32)28-16-7-4-13(27)10-15(16)23)30-20(33)17(29-21(30)34)12-2-5-14(6-3-12)35-9-8-31/h2-7,10-11,18,31,33H,8-9H2,1H3,(H,28,32)(H,29,34). The third-order valence-corrected chi connectivity index (χ3v) is 5.80. The van der Waals surface area contributed by atoms with Gasteiger partial charge in [0, 0.05) is 9.13 Å². The third kappa shape index (κ3) is 5.96. The molecule has 0 radical (unpaired) electrons. The fourth-order valence-corrected chi connectivity index (χ4v) is 3.78. The van der Waals surface area contributed by atoms with Crippen molar-refractivity contribution < 1.29 is 37.3 Å². The number of nitrogens with zero attached hydrogens (tertiary/aromatic N) is 1. The van der Waals surface area contributed by atoms with Crippen LogP contribution in [0.4, 0.5) is 23.2 Å². The highest BCUT2D eigenvalue weighted by molar-refractivity contribution is 14.1. The first-order chi connectivity index (χ1) is 16.4. The molecule has 13 heteroatoms. The number of aliphatic hydroxyl groups excluding tert-OH is 1. The van der Waals surface area contributed by atoms with Crippen molar-refractivity contribution in [3.05, 3.63) is 62.3 Å². The lowest BCUT2D eigenvalue weighted by molar-refractivity contribution is -0.183. The first kappa shape index (κ1) is 26.5. The number of alkyl halides is 3. The van der Waals surface area contributed by atoms with Gasteiger partial charge in [-0.15, -0.1) is 0 Å². The van der Waals surface area contributed by atoms with Crippen LogP contribution in [0.15, 0.2) is 47.3 Å². The maximum absolute atomic E-state index is 14.2. The van der Waals surface area contributed by atoms with E-state index in [0.29, 0.717) is 20.8 Å². The maximum Gasteiger partial charge on any atom is 0.394 e. The number of aromatic amines is 1. The molecule has 2 aromatic carbocycles. The predicted molar refractivity (Wildman–Crippen MR) is 127 cm³/mol. The summed E-state index contributed by atoms with van der Waals surface area (Å²) in [6.45, 7) is 0.497. The molecule has 0 fully saturated rings. The maximum atomic E-state index is 14.2. The lowest BCUT2D eigenvalue weighted by Crippen LogP contribution is -2.41. The molecule has 0 aliphatic rings. The Bertz CT molecular complexity index is 1260. The van der Waals surface area contributed by atoms with Crippen LogP contribution in [-0.4, -0.2) is 45.1 Å². The minimum atomic E-state index is -4.93. The van der Waals surface area contributed by atoms with Gasteiger partial charge in [-0.25, -0.2) is 13.8 Å². The summed E-state index contributed by atoms with van der Waals surface area (Å²) < 4.78 is 61.2. The summed E-state index contributed by atoms with van der Waals surface area (Å²) in [4.78, 5) is 27.9. The highest BCUT2D eigenvalue weighted by atomic mass is 127. The second kappa shape index (κ2) is 10.7. The second-order valence-electron chi connectivity index (χ2n) is 7.48. The number of benzene rings is 2. The van der Waals surface area contributed by atoms with Crippen molar-refractivity contribution >= 4 is 34.2 Å². The van der Waals surface area contributed by atoms with Crippen LogP contribution in [0.5, 0.6) is 11.6 Å². The Kier molecular flexibility index (Phi) is 8.10. The van der Waals surface area contributed by atoms with Crippen molar-refractivity contribution in [3.8, 4) is 22.9 Å². The monoisotopic (exact) mass is 609 g/mol. The van der Waals surface area contributed by atoms with Crippen LogP contribution in [0.25, 0.3) is 11.3 Å². The number of nitrogens with one attached hydrogen (secondary N) is 2. The molecule has 8 nitrogen and oxygen atoms in total. The zero-order valence-electron chi connectivity index (χ0n) is 18.1. The van der Waals surface area contributed by atoms with Gasteiger partial charge in [0.1, 0.15) is 29.9 Å². The topological polar surface area (TPSA) is 117 Å². The molecule has 188 valence electrons. The minimum absolute atomic E-state index is 0.0328. The first-order valence-corrected chi connectivity index (χ1v) is 11.2. The van der Waals surface area contributed by atoms with Crippen molar-refractivity contribution in [2.24, 2.45) is 5.92 Å². The van der Waals surface area contributed by atoms with Gasteiger partial charge in [-0.1, -0.05) is 6.92 Å². The van der Waals surface area contributed by atoms with Gasteiger partial charge in [-0.2, -0.15) is 13.2 Å². The Hall–Kier alpha value is -3.07. The van der Waals surface area contributed by atoms with Gasteiger partial charge < -0.3 is 25.3 Å². The molecule has 3 aromatic rings. The minimum Gasteiger partial charge on any atom is -0.493 e. The first-order valence-electron chi connectivity index (χ1n) is 10.1. The molecule has 0 spiro atoms. The Morgan fingerprint density at radius 1 is 1.23 bits per heavy atom. The Morgan fingerprint density at radius 2 is 1.89 bits per heavy atom. The smallest absolute Gasteiger partial charge is 0.394 e. The number of aliphatic hydroxyl groups is 1. The number of hydrogen-bond donors (Lipinski definition) is 4. The number of aromatic hydroxyl groups is 1. The van der Waals surface area contributed by atoms with Crippen LogP contribution >= 0.6 is 22.6 Å². The predicted octanol–water partition coefficient (Wildman–Crippen LogP) is 4.04. The van der Waals surface area contributed by atoms with E-state index >= 15 is 0 Å². The van der Waals surface area contributed by atoms with Crippen molar-refractivity contribution in [1.29, 1.82) is 0 Å². The SMILES string of the molecule is CC(C(C(=O)Nc1ccc(I)cc1F)n1c(O)c(-c2ccc(OCCO)cc2)[nH]c1=O)C(F)(F)F. The van der Waals surface area contributed by atoms with E-state index < -0.39 is 41.4 Å². The number of anilines is 1. The fourth-order valence-electron chi connectivity index (χ4n) is 3.32. The number of carbonyl (C=O) groups excluding carboxylic acids is 1. The van der Waals surface area contributed by atoms with E-state index in [1.165, 1.54) is 36.4 Å². The van der Waals surface area contributed by atoms with Gasteiger partial charge in [0.25, 0.3) is 0 Å². The lowest BCUT2D eigenvalue weighted by Gasteiger charge is -2.26. The molecular formula is C22H20F4IN3O5. The average Bonchev–Trinajstić information content (AvgIpc) is 3.08. The van der Waals surface area contributed by atoms with E-state index in [4.69, 9.17) is 9.84 Å². The molecule has 1 amide bonds. The van der Waals surface area contributed by atoms with Gasteiger partial charge in [0.05, 0.1) is 18.2 Å². The van der Waals surface area contributed by atoms with Crippen molar-refractivity contribution in [2.45, 2.75) is 19.1 Å². The Morgan fingerprint density at radius 3 is 2.46 bits per heavy atom. The number of ether oxygens (including phenoxy) is 1. The molecule has 35 heavy (non-hydrogen) atoms. The Balaban J connectivity index is 2.03. The summed E-state index contributed by atoms with van der Waals surface area (Å²) in [5.74, 6) is -5.18. The Labute approximate surface area is 209 Å². The number of rotatable bonds is 8. The quantitative estimate of drug-likeness (QED) is 0.227. The highest BCUT2D eigenvalue weighted by Gasteiger charge is 2.47. The van der Waals surface area contributed by atoms with E-state index in [2.05, 4.69) is 10.3 Å². The number of imidazole rings is 1. The van der Waals surface area contributed by atoms with Crippen LogP contribution < -0.4 is 15.7 Å². The average molecular weight is 609 g/mol. The molecular weight excluding hydrogens is 589 g/mol. The van der Waals surface area contributed by atoms with Crippen molar-refractivity contribution in [1.82, 2.24) is 9.55 Å². The highest BCUT2D eigenvalue weighted by Crippen LogP contribution is 2.38. The third-order valence-electron chi connectivity index (χ3n) is 5.13. The molecule has 4 N–H and O–H groups in total. The molecule has 0 bridgehead atoms. The number of halogens is 5. The van der Waals surface area contributed by atoms with Crippen LogP contribution in [0, 0.1) is 15.3 Å². The molecule has 0 aliphatic heterocycles. The number of amides is 1. The molecule has 0 saturated heterocycles. The van der Waals surface area contributed by atoms with Crippen LogP contribution in [-0.2, 0) is 4.79 Å². The van der Waals surface area contributed by atoms with Gasteiger partial charge in [0.15, 0.2) is 0 Å². The molecule has 1 heterocycles. The molecule has 3 rings (SSSR count). The lowest BCUT2D eigenvalue weighted by atomic mass is 10.00. The van der Waals surface area contributed by atoms with E-state index in [9.17, 15) is 32.3 Å². The summed E-state index contributed by atoms with van der Waals surface area (Å²) in [6, 6.07) is 7.20. The second-order valence-corrected chi connectivity index (χ2v) is 8.73. The zero-order chi connectivity index (χ0) is 25.9. The summed E-state index contributed by atoms with van der Waals surface area (Å²) in [6.07, 6.45) is -4.93. The van der Waals surface area contributed by atoms with Crippen LogP contribution in [0.2, 0.25) is 0 Å². The number of carbonyl (C=O) groups is 1. The van der Waals surface area contributed by atoms with Gasteiger partial charge in [-0.05, 0) is 65.1 Å². The van der Waals surface area contributed by atoms with Crippen molar-refractivity contribution in [2.75, 3.05) is 18.5 Å². The number of aromatic nitrogens is 2. The molecule has 2 unspecified atom stereocenters. The van der Waals surface area contributed by atoms with Crippen LogP contribution in [0.1, 0.15) is 13.0 Å². The summed E-state index contributed by atoms with van der Waals surface area (Å²) in [7, 11) is 0. The van der Waals surface area contributed by atoms with Gasteiger partial charge in [0.2, 0.25) is 11.8 Å². The largest absolute Gasteiger partial charge is 0.493 e. The molecule has 0 saturated carbocycles. The van der Waals surface area contributed by atoms with E-state index in [1.54, 1.807) is 0 Å². The molecule has 0 aliphatic carbocycles. The van der Waals surface area contributed by atoms with E-state index in [-0.39, 0.29) is 30.2 Å².